The Hall–Kier alpha value is -3.22. The second kappa shape index (κ2) is 11.6. The van der Waals surface area contributed by atoms with Crippen molar-refractivity contribution in [2.45, 2.75) is 24.5 Å². The molecule has 0 aliphatic heterocycles. The zero-order chi connectivity index (χ0) is 22.0. The van der Waals surface area contributed by atoms with Crippen LogP contribution in [0.15, 0.2) is 24.3 Å². The number of aliphatic hydroxyl groups excluding tert-OH is 2. The molecule has 1 aromatic rings. The number of carbonyl (C=O) groups is 4. The van der Waals surface area contributed by atoms with Crippen molar-refractivity contribution >= 4 is 23.7 Å². The van der Waals surface area contributed by atoms with Gasteiger partial charge >= 0.3 is 5.97 Å². The molecule has 0 spiro atoms. The third kappa shape index (κ3) is 7.73. The van der Waals surface area contributed by atoms with E-state index < -0.39 is 61.6 Å². The SMILES string of the molecule is NCC(=O)NC(CO)C(=O)NC(CO)C(=O)NC(Cc1ccc(O)cc1)C(=O)O. The third-order valence-corrected chi connectivity index (χ3v) is 3.83. The Bertz CT molecular complexity index is 725. The Morgan fingerprint density at radius 2 is 1.34 bits per heavy atom. The normalized spacial score (nSPS) is 13.6. The maximum Gasteiger partial charge on any atom is 0.326 e. The summed E-state index contributed by atoms with van der Waals surface area (Å²) in [7, 11) is 0. The van der Waals surface area contributed by atoms with Crippen LogP contribution in [0.25, 0.3) is 0 Å². The van der Waals surface area contributed by atoms with E-state index in [4.69, 9.17) is 5.73 Å². The molecule has 12 heteroatoms. The molecule has 0 radical (unpaired) electrons. The Balaban J connectivity index is 2.77. The first-order valence-corrected chi connectivity index (χ1v) is 8.54. The summed E-state index contributed by atoms with van der Waals surface area (Å²) in [5.41, 5.74) is 5.62. The van der Waals surface area contributed by atoms with Crippen molar-refractivity contribution in [3.63, 3.8) is 0 Å². The molecule has 0 aliphatic rings. The smallest absolute Gasteiger partial charge is 0.326 e. The van der Waals surface area contributed by atoms with Gasteiger partial charge in [-0.3, -0.25) is 14.4 Å². The van der Waals surface area contributed by atoms with Gasteiger partial charge in [-0.05, 0) is 17.7 Å². The summed E-state index contributed by atoms with van der Waals surface area (Å²) in [5.74, 6) is -4.02. The highest BCUT2D eigenvalue weighted by atomic mass is 16.4. The Morgan fingerprint density at radius 3 is 1.79 bits per heavy atom. The lowest BCUT2D eigenvalue weighted by atomic mass is 10.1. The molecule has 12 nitrogen and oxygen atoms in total. The lowest BCUT2D eigenvalue weighted by Crippen LogP contribution is -2.58. The van der Waals surface area contributed by atoms with Crippen LogP contribution in [0.2, 0.25) is 0 Å². The van der Waals surface area contributed by atoms with E-state index in [9.17, 15) is 39.6 Å². The summed E-state index contributed by atoms with van der Waals surface area (Å²) in [6.45, 7) is -2.06. The Labute approximate surface area is 165 Å². The molecule has 0 aromatic heterocycles. The van der Waals surface area contributed by atoms with Gasteiger partial charge in [-0.1, -0.05) is 12.1 Å². The summed E-state index contributed by atoms with van der Waals surface area (Å²) in [4.78, 5) is 47.1. The molecular formula is C17H24N4O8. The molecular weight excluding hydrogens is 388 g/mol. The first-order chi connectivity index (χ1) is 13.7. The standard InChI is InChI=1S/C17H24N4O8/c18-6-14(25)19-12(7-22)15(26)21-13(8-23)16(27)20-11(17(28)29)5-9-1-3-10(24)4-2-9/h1-4,11-13,22-24H,5-8,18H2,(H,19,25)(H,20,27)(H,21,26)(H,28,29). The van der Waals surface area contributed by atoms with Gasteiger partial charge in [0.05, 0.1) is 19.8 Å². The van der Waals surface area contributed by atoms with Crippen molar-refractivity contribution in [3.05, 3.63) is 29.8 Å². The van der Waals surface area contributed by atoms with Crippen LogP contribution in [0.5, 0.6) is 5.75 Å². The number of benzene rings is 1. The molecule has 1 rings (SSSR count). The van der Waals surface area contributed by atoms with Crippen LogP contribution in [0, 0.1) is 0 Å². The molecule has 0 saturated heterocycles. The number of aromatic hydroxyl groups is 1. The number of nitrogens with one attached hydrogen (secondary N) is 3. The lowest BCUT2D eigenvalue weighted by molar-refractivity contribution is -0.142. The predicted molar refractivity (Wildman–Crippen MR) is 98.5 cm³/mol. The second-order valence-electron chi connectivity index (χ2n) is 6.02. The van der Waals surface area contributed by atoms with E-state index in [2.05, 4.69) is 16.0 Å². The van der Waals surface area contributed by atoms with Gasteiger partial charge in [0.15, 0.2) is 0 Å². The average molecular weight is 412 g/mol. The van der Waals surface area contributed by atoms with Crippen LogP contribution in [0.4, 0.5) is 0 Å². The van der Waals surface area contributed by atoms with Crippen molar-refractivity contribution in [2.75, 3.05) is 19.8 Å². The molecule has 3 amide bonds. The maximum absolute atomic E-state index is 12.3. The number of nitrogens with two attached hydrogens (primary N) is 1. The second-order valence-corrected chi connectivity index (χ2v) is 6.02. The van der Waals surface area contributed by atoms with Gasteiger partial charge in [-0.2, -0.15) is 0 Å². The fourth-order valence-corrected chi connectivity index (χ4v) is 2.25. The van der Waals surface area contributed by atoms with E-state index >= 15 is 0 Å². The molecule has 9 N–H and O–H groups in total. The quantitative estimate of drug-likeness (QED) is 0.180. The molecule has 3 unspecified atom stereocenters. The van der Waals surface area contributed by atoms with Crippen LogP contribution in [-0.2, 0) is 25.6 Å². The molecule has 160 valence electrons. The molecule has 0 aliphatic carbocycles. The van der Waals surface area contributed by atoms with Gasteiger partial charge in [0.1, 0.15) is 23.9 Å². The van der Waals surface area contributed by atoms with Gasteiger partial charge in [0.25, 0.3) is 0 Å². The Kier molecular flexibility index (Phi) is 9.51. The van der Waals surface area contributed by atoms with Crippen molar-refractivity contribution in [3.8, 4) is 5.75 Å². The van der Waals surface area contributed by atoms with Crippen molar-refractivity contribution in [1.82, 2.24) is 16.0 Å². The summed E-state index contributed by atoms with van der Waals surface area (Å²) in [6, 6.07) is 1.38. The molecule has 0 fully saturated rings. The Morgan fingerprint density at radius 1 is 0.862 bits per heavy atom. The highest BCUT2D eigenvalue weighted by molar-refractivity contribution is 5.93. The average Bonchev–Trinajstić information content (AvgIpc) is 2.70. The number of phenolic OH excluding ortho intramolecular Hbond substituents is 1. The summed E-state index contributed by atoms with van der Waals surface area (Å²) < 4.78 is 0. The molecule has 0 saturated carbocycles. The third-order valence-electron chi connectivity index (χ3n) is 3.83. The van der Waals surface area contributed by atoms with Crippen molar-refractivity contribution in [2.24, 2.45) is 5.73 Å². The number of carboxylic acid groups (broad SMARTS) is 1. The maximum atomic E-state index is 12.3. The minimum atomic E-state index is -1.52. The number of amides is 3. The van der Waals surface area contributed by atoms with Crippen LogP contribution < -0.4 is 21.7 Å². The number of carbonyl (C=O) groups excluding carboxylic acids is 3. The summed E-state index contributed by atoms with van der Waals surface area (Å²) in [6.07, 6.45) is -0.112. The minimum absolute atomic E-state index is 0.00659. The monoisotopic (exact) mass is 412 g/mol. The van der Waals surface area contributed by atoms with Crippen LogP contribution >= 0.6 is 0 Å². The topological polar surface area (TPSA) is 211 Å². The number of hydrogen-bond donors (Lipinski definition) is 8. The highest BCUT2D eigenvalue weighted by Gasteiger charge is 2.29. The number of carboxylic acids is 1. The van der Waals surface area contributed by atoms with Gasteiger partial charge in [0.2, 0.25) is 17.7 Å². The summed E-state index contributed by atoms with van der Waals surface area (Å²) in [5, 5.41) is 43.6. The minimum Gasteiger partial charge on any atom is -0.508 e. The fraction of sp³-hybridized carbons (Fsp3) is 0.412. The van der Waals surface area contributed by atoms with Gasteiger partial charge in [0, 0.05) is 6.42 Å². The lowest BCUT2D eigenvalue weighted by Gasteiger charge is -2.22. The van der Waals surface area contributed by atoms with E-state index in [0.717, 1.165) is 0 Å². The largest absolute Gasteiger partial charge is 0.508 e. The first kappa shape index (κ1) is 23.8. The highest BCUT2D eigenvalue weighted by Crippen LogP contribution is 2.11. The van der Waals surface area contributed by atoms with Crippen LogP contribution in [0.3, 0.4) is 0 Å². The van der Waals surface area contributed by atoms with E-state index in [1.807, 2.05) is 0 Å². The summed E-state index contributed by atoms with van der Waals surface area (Å²) >= 11 is 0. The van der Waals surface area contributed by atoms with E-state index in [-0.39, 0.29) is 12.2 Å². The number of rotatable bonds is 11. The molecule has 29 heavy (non-hydrogen) atoms. The number of aliphatic hydroxyl groups is 2. The predicted octanol–water partition coefficient (Wildman–Crippen LogP) is -3.58. The van der Waals surface area contributed by atoms with Crippen LogP contribution in [-0.4, -0.2) is 82.0 Å². The van der Waals surface area contributed by atoms with Crippen LogP contribution in [0.1, 0.15) is 5.56 Å². The van der Waals surface area contributed by atoms with Crippen molar-refractivity contribution < 1.29 is 39.6 Å². The number of phenols is 1. The molecule has 3 atom stereocenters. The van der Waals surface area contributed by atoms with Gasteiger partial charge < -0.3 is 42.1 Å². The zero-order valence-electron chi connectivity index (χ0n) is 15.4. The fourth-order valence-electron chi connectivity index (χ4n) is 2.25. The van der Waals surface area contributed by atoms with E-state index in [1.165, 1.54) is 24.3 Å². The molecule has 1 aromatic carbocycles. The number of hydrogen-bond acceptors (Lipinski definition) is 8. The van der Waals surface area contributed by atoms with Gasteiger partial charge in [-0.25, -0.2) is 4.79 Å². The van der Waals surface area contributed by atoms with E-state index in [0.29, 0.717) is 5.56 Å². The number of aliphatic carboxylic acids is 1. The van der Waals surface area contributed by atoms with E-state index in [1.54, 1.807) is 0 Å². The molecule has 0 heterocycles. The first-order valence-electron chi connectivity index (χ1n) is 8.54. The zero-order valence-corrected chi connectivity index (χ0v) is 15.4. The molecule has 0 bridgehead atoms. The van der Waals surface area contributed by atoms with Gasteiger partial charge in [-0.15, -0.1) is 0 Å². The van der Waals surface area contributed by atoms with Crippen molar-refractivity contribution in [1.29, 1.82) is 0 Å².